The van der Waals surface area contributed by atoms with Gasteiger partial charge in [0, 0.05) is 6.84 Å². The summed E-state index contributed by atoms with van der Waals surface area (Å²) in [4.78, 5) is 10.2. The predicted octanol–water partition coefficient (Wildman–Crippen LogP) is 1.79. The number of rotatable bonds is 0. The van der Waals surface area contributed by atoms with Crippen LogP contribution < -0.4 is 5.73 Å². The molecule has 0 saturated carbocycles. The van der Waals surface area contributed by atoms with Gasteiger partial charge in [0.1, 0.15) is 0 Å². The van der Waals surface area contributed by atoms with Gasteiger partial charge in [0.25, 0.3) is 0 Å². The van der Waals surface area contributed by atoms with Crippen LogP contribution in [0.5, 0.6) is 0 Å². The maximum atomic E-state index is 10.2. The molecule has 0 unspecified atom stereocenters. The van der Waals surface area contributed by atoms with E-state index in [1.54, 1.807) is 20.8 Å². The minimum absolute atomic E-state index is 0. The summed E-state index contributed by atoms with van der Waals surface area (Å²) in [5, 5.41) is 0. The third kappa shape index (κ3) is 7.47. The molecular weight excluding hydrogens is 114 g/mol. The van der Waals surface area contributed by atoms with Gasteiger partial charge in [-0.05, 0) is 0 Å². The van der Waals surface area contributed by atoms with Crippen molar-refractivity contribution < 1.29 is 6.22 Å². The molecule has 0 atom stereocenters. The zero-order valence-electron chi connectivity index (χ0n) is 6.99. The van der Waals surface area contributed by atoms with E-state index in [1.807, 2.05) is 13.8 Å². The Morgan fingerprint density at radius 3 is 1.44 bits per heavy atom. The molecule has 0 bridgehead atoms. The lowest BCUT2D eigenvalue weighted by Gasteiger charge is -2.10. The molecule has 0 aromatic rings. The Bertz CT molecular complexity index is 86.1. The molecule has 0 aliphatic rings. The number of carbonyl (C=O) groups is 1. The van der Waals surface area contributed by atoms with Crippen molar-refractivity contribution in [2.24, 2.45) is 11.1 Å². The summed E-state index contributed by atoms with van der Waals surface area (Å²) < 4.78 is 0. The molecule has 0 aliphatic carbocycles. The van der Waals surface area contributed by atoms with Crippen LogP contribution in [0.3, 0.4) is 0 Å². The van der Waals surface area contributed by atoms with E-state index in [0.717, 1.165) is 0 Å². The minimum atomic E-state index is -0.361. The fraction of sp³-hybridized carbons (Fsp3) is 0.857. The zero-order valence-corrected chi connectivity index (χ0v) is 6.99. The maximum absolute atomic E-state index is 10.2. The monoisotopic (exact) mass is 133 g/mol. The molecule has 0 heterocycles. The van der Waals surface area contributed by atoms with Gasteiger partial charge in [-0.1, -0.05) is 34.6 Å². The largest absolute Gasteiger partial charge is 0.369 e. The van der Waals surface area contributed by atoms with Gasteiger partial charge in [-0.2, -0.15) is 0 Å². The van der Waals surface area contributed by atoms with Crippen molar-refractivity contribution in [1.82, 2.24) is 0 Å². The van der Waals surface area contributed by atoms with Crippen molar-refractivity contribution in [1.29, 1.82) is 0 Å². The summed E-state index contributed by atoms with van der Waals surface area (Å²) in [7, 11) is 0. The van der Waals surface area contributed by atoms with Crippen molar-refractivity contribution in [3.05, 3.63) is 0 Å². The Morgan fingerprint density at radius 1 is 1.33 bits per heavy atom. The average Bonchev–Trinajstić information content (AvgIpc) is 1.69. The highest BCUT2D eigenvalue weighted by molar-refractivity contribution is 5.79. The number of hydrogen-bond acceptors (Lipinski definition) is 1. The van der Waals surface area contributed by atoms with Crippen molar-refractivity contribution in [2.75, 3.05) is 0 Å². The summed E-state index contributed by atoms with van der Waals surface area (Å²) in [6, 6.07) is 0. The number of amides is 1. The Kier molecular flexibility index (Phi) is 5.47. The van der Waals surface area contributed by atoms with Gasteiger partial charge in [0.05, 0.1) is 0 Å². The van der Waals surface area contributed by atoms with Crippen molar-refractivity contribution >= 4 is 5.91 Å². The first-order valence-electron chi connectivity index (χ1n) is 3.24. The molecule has 2 N–H and O–H groups in total. The smallest absolute Gasteiger partial charge is 0.222 e. The van der Waals surface area contributed by atoms with Crippen LogP contribution in [0.2, 0.25) is 0 Å². The van der Waals surface area contributed by atoms with Crippen LogP contribution in [0.4, 0.5) is 0 Å². The number of primary amides is 1. The molecule has 0 aliphatic heterocycles. The lowest BCUT2D eigenvalue weighted by atomic mass is 9.96. The molecule has 1 amide bonds. The Hall–Kier alpha value is -0.530. The summed E-state index contributed by atoms with van der Waals surface area (Å²) in [5.41, 5.74) is 4.57. The van der Waals surface area contributed by atoms with Gasteiger partial charge in [0.2, 0.25) is 5.91 Å². The highest BCUT2D eigenvalue weighted by atomic mass is 16.1. The SMILES string of the molecule is CC.CC(C)(C)C(N)=O.[HH]. The van der Waals surface area contributed by atoms with Crippen LogP contribution in [-0.4, -0.2) is 5.91 Å². The summed E-state index contributed by atoms with van der Waals surface area (Å²) in [6.07, 6.45) is 0. The van der Waals surface area contributed by atoms with Crippen LogP contribution in [-0.2, 0) is 4.79 Å². The number of hydrogen-bond donors (Lipinski definition) is 1. The molecule has 0 rings (SSSR count). The van der Waals surface area contributed by atoms with Crippen LogP contribution >= 0.6 is 0 Å². The van der Waals surface area contributed by atoms with Gasteiger partial charge >= 0.3 is 0 Å². The van der Waals surface area contributed by atoms with Crippen LogP contribution in [0, 0.1) is 5.41 Å². The first-order chi connectivity index (χ1) is 3.94. The first-order valence-corrected chi connectivity index (χ1v) is 3.24. The van der Waals surface area contributed by atoms with Crippen molar-refractivity contribution in [3.8, 4) is 0 Å². The highest BCUT2D eigenvalue weighted by Gasteiger charge is 2.16. The lowest BCUT2D eigenvalue weighted by Crippen LogP contribution is -2.27. The van der Waals surface area contributed by atoms with Gasteiger partial charge in [-0.3, -0.25) is 4.79 Å². The standard InChI is InChI=1S/C5H11NO.C2H6.H2/c1-5(2,3)4(6)7;1-2;/h1-3H3,(H2,6,7);1-2H3;1H. The van der Waals surface area contributed by atoms with Gasteiger partial charge in [-0.25, -0.2) is 0 Å². The Labute approximate surface area is 58.9 Å². The first kappa shape index (κ1) is 11.3. The van der Waals surface area contributed by atoms with Crippen LogP contribution in [0.1, 0.15) is 36.0 Å². The van der Waals surface area contributed by atoms with E-state index >= 15 is 0 Å². The molecule has 58 valence electrons. The van der Waals surface area contributed by atoms with Crippen LogP contribution in [0.25, 0.3) is 0 Å². The Balaban J connectivity index is -0.000000149. The van der Waals surface area contributed by atoms with E-state index in [1.165, 1.54) is 0 Å². The second-order valence-corrected chi connectivity index (χ2v) is 2.61. The normalized spacial score (nSPS) is 9.44. The molecule has 0 fully saturated rings. The molecule has 0 spiro atoms. The summed E-state index contributed by atoms with van der Waals surface area (Å²) in [6.45, 7) is 9.36. The van der Waals surface area contributed by atoms with E-state index in [0.29, 0.717) is 0 Å². The quantitative estimate of drug-likeness (QED) is 0.538. The number of carbonyl (C=O) groups excluding carboxylic acids is 1. The van der Waals surface area contributed by atoms with E-state index < -0.39 is 0 Å². The number of nitrogens with two attached hydrogens (primary N) is 1. The average molecular weight is 133 g/mol. The molecule has 0 radical (unpaired) electrons. The molecule has 0 saturated heterocycles. The van der Waals surface area contributed by atoms with E-state index in [2.05, 4.69) is 0 Å². The zero-order chi connectivity index (χ0) is 8.08. The summed E-state index contributed by atoms with van der Waals surface area (Å²) in [5.74, 6) is -0.257. The van der Waals surface area contributed by atoms with E-state index in [4.69, 9.17) is 5.73 Å². The molecule has 2 nitrogen and oxygen atoms in total. The fourth-order valence-electron chi connectivity index (χ4n) is 0. The van der Waals surface area contributed by atoms with Gasteiger partial charge in [0.15, 0.2) is 0 Å². The third-order valence-corrected chi connectivity index (χ3v) is 0.739. The molecule has 0 aromatic carbocycles. The maximum Gasteiger partial charge on any atom is 0.222 e. The lowest BCUT2D eigenvalue weighted by molar-refractivity contribution is -0.125. The molecular formula is C7H19NO. The van der Waals surface area contributed by atoms with Gasteiger partial charge < -0.3 is 5.73 Å². The molecule has 0 aromatic heterocycles. The molecule has 9 heavy (non-hydrogen) atoms. The third-order valence-electron chi connectivity index (χ3n) is 0.739. The minimum Gasteiger partial charge on any atom is -0.369 e. The Morgan fingerprint density at radius 2 is 1.44 bits per heavy atom. The fourth-order valence-corrected chi connectivity index (χ4v) is 0. The highest BCUT2D eigenvalue weighted by Crippen LogP contribution is 2.09. The second-order valence-electron chi connectivity index (χ2n) is 2.61. The van der Waals surface area contributed by atoms with Crippen LogP contribution in [0.15, 0.2) is 0 Å². The van der Waals surface area contributed by atoms with Crippen molar-refractivity contribution in [2.45, 2.75) is 34.6 Å². The summed E-state index contributed by atoms with van der Waals surface area (Å²) >= 11 is 0. The van der Waals surface area contributed by atoms with Gasteiger partial charge in [-0.15, -0.1) is 0 Å². The second kappa shape index (κ2) is 4.36. The van der Waals surface area contributed by atoms with Crippen molar-refractivity contribution in [3.63, 3.8) is 0 Å². The molecule has 2 heteroatoms. The topological polar surface area (TPSA) is 43.1 Å². The predicted molar refractivity (Wildman–Crippen MR) is 42.1 cm³/mol. The van der Waals surface area contributed by atoms with E-state index in [-0.39, 0.29) is 12.7 Å². The van der Waals surface area contributed by atoms with E-state index in [9.17, 15) is 4.79 Å².